The molecule has 0 amide bonds. The summed E-state index contributed by atoms with van der Waals surface area (Å²) in [7, 11) is 0. The summed E-state index contributed by atoms with van der Waals surface area (Å²) in [5.41, 5.74) is -0.0687. The Balaban J connectivity index is 1.70. The van der Waals surface area contributed by atoms with E-state index in [0.717, 1.165) is 23.1 Å². The molecule has 2 aromatic carbocycles. The van der Waals surface area contributed by atoms with E-state index < -0.39 is 23.4 Å². The molecule has 8 heteroatoms. The smallest absolute Gasteiger partial charge is 0.416 e. The van der Waals surface area contributed by atoms with Gasteiger partial charge in [0, 0.05) is 37.6 Å². The molecule has 1 atom stereocenters. The molecule has 1 aromatic heterocycles. The fraction of sp³-hybridized carbons (Fsp3) is 0.346. The van der Waals surface area contributed by atoms with E-state index in [0.29, 0.717) is 37.1 Å². The summed E-state index contributed by atoms with van der Waals surface area (Å²) < 4.78 is 58.9. The summed E-state index contributed by atoms with van der Waals surface area (Å²) >= 11 is 0. The first-order chi connectivity index (χ1) is 16.2. The monoisotopic (exact) mass is 473 g/mol. The number of halogens is 3. The van der Waals surface area contributed by atoms with E-state index in [1.165, 1.54) is 6.07 Å². The van der Waals surface area contributed by atoms with Crippen molar-refractivity contribution in [1.82, 2.24) is 4.98 Å². The molecule has 180 valence electrons. The maximum absolute atomic E-state index is 13.8. The number of H-pyrrole nitrogens is 1. The number of hydrogen-bond acceptors (Lipinski definition) is 4. The lowest BCUT2D eigenvalue weighted by Crippen LogP contribution is -2.37. The molecule has 1 aliphatic rings. The summed E-state index contributed by atoms with van der Waals surface area (Å²) in [6, 6.07) is 12.3. The zero-order chi connectivity index (χ0) is 24.3. The van der Waals surface area contributed by atoms with Gasteiger partial charge in [-0.25, -0.2) is 0 Å². The van der Waals surface area contributed by atoms with Crippen LogP contribution in [0.2, 0.25) is 0 Å². The van der Waals surface area contributed by atoms with Crippen LogP contribution in [0.25, 0.3) is 10.9 Å². The normalized spacial score (nSPS) is 16.8. The van der Waals surface area contributed by atoms with E-state index >= 15 is 0 Å². The summed E-state index contributed by atoms with van der Waals surface area (Å²) in [4.78, 5) is 14.3. The van der Waals surface area contributed by atoms with Crippen molar-refractivity contribution in [3.05, 3.63) is 88.2 Å². The molecular formula is C26H26F3NO4. The van der Waals surface area contributed by atoms with Crippen LogP contribution in [0.4, 0.5) is 13.2 Å². The molecule has 34 heavy (non-hydrogen) atoms. The van der Waals surface area contributed by atoms with Gasteiger partial charge in [0.2, 0.25) is 5.56 Å². The van der Waals surface area contributed by atoms with Crippen molar-refractivity contribution in [2.75, 3.05) is 19.8 Å². The number of aromatic nitrogens is 1. The summed E-state index contributed by atoms with van der Waals surface area (Å²) in [5, 5.41) is 0.802. The maximum atomic E-state index is 13.8. The van der Waals surface area contributed by atoms with Gasteiger partial charge in [0.25, 0.3) is 0 Å². The van der Waals surface area contributed by atoms with Crippen molar-refractivity contribution in [3.63, 3.8) is 0 Å². The van der Waals surface area contributed by atoms with E-state index in [1.807, 2.05) is 6.07 Å². The lowest BCUT2D eigenvalue weighted by atomic mass is 9.85. The van der Waals surface area contributed by atoms with Gasteiger partial charge in [0.15, 0.2) is 0 Å². The Morgan fingerprint density at radius 3 is 2.62 bits per heavy atom. The maximum Gasteiger partial charge on any atom is 0.416 e. The van der Waals surface area contributed by atoms with E-state index in [9.17, 15) is 18.0 Å². The first-order valence-corrected chi connectivity index (χ1v) is 11.1. The molecule has 0 spiro atoms. The number of nitrogens with one attached hydrogen (secondary N) is 1. The van der Waals surface area contributed by atoms with E-state index in [4.69, 9.17) is 14.2 Å². The number of fused-ring (bicyclic) bond motifs is 1. The second-order valence-electron chi connectivity index (χ2n) is 8.38. The minimum atomic E-state index is -4.54. The van der Waals surface area contributed by atoms with Gasteiger partial charge in [0.1, 0.15) is 11.9 Å². The number of benzene rings is 2. The molecule has 5 nitrogen and oxygen atoms in total. The Morgan fingerprint density at radius 2 is 1.91 bits per heavy atom. The van der Waals surface area contributed by atoms with E-state index in [-0.39, 0.29) is 17.9 Å². The third-order valence-corrected chi connectivity index (χ3v) is 6.07. The van der Waals surface area contributed by atoms with Crippen LogP contribution >= 0.6 is 0 Å². The van der Waals surface area contributed by atoms with E-state index in [1.54, 1.807) is 37.3 Å². The average molecular weight is 473 g/mol. The molecular weight excluding hydrogens is 447 g/mol. The first kappa shape index (κ1) is 24.0. The molecule has 3 aromatic rings. The number of alkyl halides is 3. The third kappa shape index (κ3) is 5.18. The van der Waals surface area contributed by atoms with Crippen LogP contribution in [0.1, 0.15) is 42.6 Å². The van der Waals surface area contributed by atoms with Gasteiger partial charge in [0.05, 0.1) is 17.8 Å². The Kier molecular flexibility index (Phi) is 6.81. The van der Waals surface area contributed by atoms with Crippen molar-refractivity contribution in [2.45, 2.75) is 37.6 Å². The fourth-order valence-corrected chi connectivity index (χ4v) is 4.23. The molecule has 1 saturated heterocycles. The summed E-state index contributed by atoms with van der Waals surface area (Å²) in [6.45, 7) is 6.42. The van der Waals surface area contributed by atoms with Gasteiger partial charge >= 0.3 is 6.18 Å². The zero-order valence-corrected chi connectivity index (χ0v) is 18.8. The third-order valence-electron chi connectivity index (χ3n) is 6.07. The Hall–Kier alpha value is -3.10. The number of pyridine rings is 1. The standard InChI is InChI=1S/C26H26F3NO4/c1-3-10-33-25(8-11-32-12-9-25)20-14-21(26(27,28)29)16-22(15-20)34-17(2)18-4-6-23-19(13-18)5-7-24(31)30-23/h3-7,13-17H,1,8-12H2,2H3,(H,30,31). The predicted molar refractivity (Wildman–Crippen MR) is 123 cm³/mol. The van der Waals surface area contributed by atoms with Crippen LogP contribution in [-0.4, -0.2) is 24.8 Å². The number of ether oxygens (including phenoxy) is 3. The molecule has 1 N–H and O–H groups in total. The topological polar surface area (TPSA) is 60.5 Å². The SMILES string of the molecule is C=CCOC1(c2cc(OC(C)c3ccc4[nH]c(=O)ccc4c3)cc(C(F)(F)F)c2)CCOCC1. The van der Waals surface area contributed by atoms with Crippen molar-refractivity contribution in [2.24, 2.45) is 0 Å². The largest absolute Gasteiger partial charge is 0.486 e. The van der Waals surface area contributed by atoms with Crippen molar-refractivity contribution < 1.29 is 27.4 Å². The highest BCUT2D eigenvalue weighted by Crippen LogP contribution is 2.42. The highest BCUT2D eigenvalue weighted by atomic mass is 19.4. The van der Waals surface area contributed by atoms with Crippen LogP contribution in [-0.2, 0) is 21.3 Å². The average Bonchev–Trinajstić information content (AvgIpc) is 2.82. The van der Waals surface area contributed by atoms with Gasteiger partial charge in [-0.3, -0.25) is 4.79 Å². The first-order valence-electron chi connectivity index (χ1n) is 11.1. The van der Waals surface area contributed by atoms with Crippen LogP contribution < -0.4 is 10.3 Å². The van der Waals surface area contributed by atoms with Gasteiger partial charge in [-0.15, -0.1) is 6.58 Å². The van der Waals surface area contributed by atoms with Gasteiger partial charge in [-0.05, 0) is 59.8 Å². The number of aromatic amines is 1. The summed E-state index contributed by atoms with van der Waals surface area (Å²) in [5.74, 6) is 0.104. The molecule has 0 radical (unpaired) electrons. The molecule has 0 bridgehead atoms. The van der Waals surface area contributed by atoms with Gasteiger partial charge in [-0.1, -0.05) is 12.1 Å². The van der Waals surface area contributed by atoms with Crippen molar-refractivity contribution in [1.29, 1.82) is 0 Å². The minimum Gasteiger partial charge on any atom is -0.486 e. The predicted octanol–water partition coefficient (Wildman–Crippen LogP) is 5.90. The van der Waals surface area contributed by atoms with Gasteiger partial charge < -0.3 is 19.2 Å². The highest BCUT2D eigenvalue weighted by Gasteiger charge is 2.39. The molecule has 0 aliphatic carbocycles. The minimum absolute atomic E-state index is 0.104. The van der Waals surface area contributed by atoms with Crippen LogP contribution in [0.3, 0.4) is 0 Å². The second-order valence-corrected chi connectivity index (χ2v) is 8.38. The van der Waals surface area contributed by atoms with Crippen LogP contribution in [0, 0.1) is 0 Å². The summed E-state index contributed by atoms with van der Waals surface area (Å²) in [6.07, 6.45) is -2.64. The lowest BCUT2D eigenvalue weighted by molar-refractivity contribution is -0.138. The number of hydrogen-bond donors (Lipinski definition) is 1. The lowest BCUT2D eigenvalue weighted by Gasteiger charge is -2.38. The zero-order valence-electron chi connectivity index (χ0n) is 18.8. The van der Waals surface area contributed by atoms with Crippen LogP contribution in [0.15, 0.2) is 66.0 Å². The molecule has 0 saturated carbocycles. The molecule has 2 heterocycles. The second kappa shape index (κ2) is 9.64. The van der Waals surface area contributed by atoms with Crippen molar-refractivity contribution in [3.8, 4) is 5.75 Å². The Labute approximate surface area is 195 Å². The molecule has 1 aliphatic heterocycles. The Bertz CT molecular complexity index is 1230. The van der Waals surface area contributed by atoms with Crippen molar-refractivity contribution >= 4 is 10.9 Å². The fourth-order valence-electron chi connectivity index (χ4n) is 4.23. The number of rotatable bonds is 7. The van der Waals surface area contributed by atoms with E-state index in [2.05, 4.69) is 11.6 Å². The molecule has 1 fully saturated rings. The molecule has 1 unspecified atom stereocenters. The van der Waals surface area contributed by atoms with Crippen LogP contribution in [0.5, 0.6) is 5.75 Å². The quantitative estimate of drug-likeness (QED) is 0.435. The Morgan fingerprint density at radius 1 is 1.15 bits per heavy atom. The highest BCUT2D eigenvalue weighted by molar-refractivity contribution is 5.79. The molecule has 4 rings (SSSR count). The van der Waals surface area contributed by atoms with Gasteiger partial charge in [-0.2, -0.15) is 13.2 Å².